The Bertz CT molecular complexity index is 813. The lowest BCUT2D eigenvalue weighted by Gasteiger charge is -2.19. The average Bonchev–Trinajstić information content (AvgIpc) is 3.30. The molecule has 0 unspecified atom stereocenters. The van der Waals surface area contributed by atoms with Crippen LogP contribution in [0.2, 0.25) is 0 Å². The van der Waals surface area contributed by atoms with Gasteiger partial charge in [0.1, 0.15) is 17.6 Å². The molecule has 7 nitrogen and oxygen atoms in total. The molecule has 0 fully saturated rings. The minimum atomic E-state index is -1.17. The Kier molecular flexibility index (Phi) is 5.36. The monoisotopic (exact) mass is 355 g/mol. The number of rotatable bonds is 7. The van der Waals surface area contributed by atoms with Crippen LogP contribution >= 0.6 is 0 Å². The SMILES string of the molecule is COc1ccccc1C1=NN(C(=O)CCCC(=O)[O-])[C@@H](c2ccco2)C1. The van der Waals surface area contributed by atoms with E-state index in [2.05, 4.69) is 5.10 Å². The standard InChI is InChI=1S/C19H20N2O5/c1-25-16-7-3-2-6-13(16)14-12-15(17-8-5-11-26-17)21(20-14)18(22)9-4-10-19(23)24/h2-3,5-8,11,15H,4,9-10,12H2,1H3,(H,23,24)/p-1/t15-/m1/s1. The van der Waals surface area contributed by atoms with Crippen LogP contribution in [-0.2, 0) is 9.59 Å². The molecule has 1 aliphatic rings. The van der Waals surface area contributed by atoms with Gasteiger partial charge in [-0.15, -0.1) is 0 Å². The van der Waals surface area contributed by atoms with Gasteiger partial charge in [0.05, 0.1) is 19.1 Å². The van der Waals surface area contributed by atoms with Crippen molar-refractivity contribution >= 4 is 17.6 Å². The maximum absolute atomic E-state index is 12.6. The van der Waals surface area contributed by atoms with Crippen LogP contribution in [0.15, 0.2) is 52.2 Å². The van der Waals surface area contributed by atoms with Gasteiger partial charge in [0.25, 0.3) is 0 Å². The largest absolute Gasteiger partial charge is 0.550 e. The second kappa shape index (κ2) is 7.86. The van der Waals surface area contributed by atoms with Gasteiger partial charge in [-0.25, -0.2) is 5.01 Å². The topological polar surface area (TPSA) is 95.2 Å². The predicted octanol–water partition coefficient (Wildman–Crippen LogP) is 1.89. The number of hydrogen-bond acceptors (Lipinski definition) is 6. The first-order valence-corrected chi connectivity index (χ1v) is 8.36. The summed E-state index contributed by atoms with van der Waals surface area (Å²) in [6.45, 7) is 0. The van der Waals surface area contributed by atoms with Gasteiger partial charge in [-0.3, -0.25) is 4.79 Å². The van der Waals surface area contributed by atoms with Crippen LogP contribution in [0.3, 0.4) is 0 Å². The Labute approximate surface area is 150 Å². The third-order valence-electron chi connectivity index (χ3n) is 4.23. The highest BCUT2D eigenvalue weighted by Gasteiger charge is 2.35. The molecule has 3 rings (SSSR count). The highest BCUT2D eigenvalue weighted by atomic mass is 16.5. The van der Waals surface area contributed by atoms with E-state index in [1.165, 1.54) is 5.01 Å². The molecule has 1 aliphatic heterocycles. The molecule has 136 valence electrons. The third-order valence-corrected chi connectivity index (χ3v) is 4.23. The van der Waals surface area contributed by atoms with Gasteiger partial charge in [-0.05, 0) is 37.1 Å². The number of amides is 1. The Morgan fingerprint density at radius 2 is 2.08 bits per heavy atom. The summed E-state index contributed by atoms with van der Waals surface area (Å²) in [4.78, 5) is 23.2. The Morgan fingerprint density at radius 3 is 2.77 bits per heavy atom. The molecule has 0 aliphatic carbocycles. The van der Waals surface area contributed by atoms with E-state index in [9.17, 15) is 14.7 Å². The zero-order chi connectivity index (χ0) is 18.5. The second-order valence-electron chi connectivity index (χ2n) is 5.95. The van der Waals surface area contributed by atoms with Crippen LogP contribution in [0.25, 0.3) is 0 Å². The highest BCUT2D eigenvalue weighted by Crippen LogP contribution is 2.35. The summed E-state index contributed by atoms with van der Waals surface area (Å²) >= 11 is 0. The van der Waals surface area contributed by atoms with Crippen LogP contribution in [0.4, 0.5) is 0 Å². The second-order valence-corrected chi connectivity index (χ2v) is 5.95. The molecular formula is C19H19N2O5-. The number of furan rings is 1. The van der Waals surface area contributed by atoms with Crippen molar-refractivity contribution in [3.63, 3.8) is 0 Å². The molecular weight excluding hydrogens is 336 g/mol. The summed E-state index contributed by atoms with van der Waals surface area (Å²) in [7, 11) is 1.58. The summed E-state index contributed by atoms with van der Waals surface area (Å²) in [6.07, 6.45) is 2.17. The smallest absolute Gasteiger partial charge is 0.243 e. The van der Waals surface area contributed by atoms with Crippen LogP contribution in [0.1, 0.15) is 43.0 Å². The minimum Gasteiger partial charge on any atom is -0.550 e. The van der Waals surface area contributed by atoms with Gasteiger partial charge in [0.2, 0.25) is 5.91 Å². The fourth-order valence-corrected chi connectivity index (χ4v) is 2.99. The zero-order valence-corrected chi connectivity index (χ0v) is 14.4. The number of carbonyl (C=O) groups is 2. The third kappa shape index (κ3) is 3.77. The molecule has 1 amide bonds. The molecule has 0 spiro atoms. The molecule has 0 saturated carbocycles. The van der Waals surface area contributed by atoms with Crippen molar-refractivity contribution in [2.24, 2.45) is 5.10 Å². The summed E-state index contributed by atoms with van der Waals surface area (Å²) in [5.74, 6) is -0.111. The molecule has 0 saturated heterocycles. The van der Waals surface area contributed by atoms with Crippen molar-refractivity contribution in [1.29, 1.82) is 0 Å². The van der Waals surface area contributed by atoms with Crippen molar-refractivity contribution in [3.8, 4) is 5.75 Å². The number of carbonyl (C=O) groups excluding carboxylic acids is 2. The van der Waals surface area contributed by atoms with Crippen molar-refractivity contribution in [2.45, 2.75) is 31.7 Å². The molecule has 2 aromatic rings. The number of hydrogen-bond donors (Lipinski definition) is 0. The number of aliphatic carboxylic acids is 1. The first-order valence-electron chi connectivity index (χ1n) is 8.36. The van der Waals surface area contributed by atoms with Gasteiger partial charge in [-0.1, -0.05) is 12.1 Å². The molecule has 2 heterocycles. The van der Waals surface area contributed by atoms with Crippen LogP contribution < -0.4 is 9.84 Å². The van der Waals surface area contributed by atoms with Crippen molar-refractivity contribution in [3.05, 3.63) is 54.0 Å². The number of methoxy groups -OCH3 is 1. The lowest BCUT2D eigenvalue weighted by atomic mass is 10.0. The molecule has 1 aromatic heterocycles. The molecule has 1 atom stereocenters. The first kappa shape index (κ1) is 17.7. The van der Waals surface area contributed by atoms with E-state index in [4.69, 9.17) is 9.15 Å². The number of carboxylic acids is 1. The zero-order valence-electron chi connectivity index (χ0n) is 14.4. The lowest BCUT2D eigenvalue weighted by Crippen LogP contribution is -2.27. The number of carboxylic acid groups (broad SMARTS) is 1. The van der Waals surface area contributed by atoms with Gasteiger partial charge in [0, 0.05) is 24.4 Å². The van der Waals surface area contributed by atoms with E-state index in [0.29, 0.717) is 17.9 Å². The molecule has 0 bridgehead atoms. The van der Waals surface area contributed by atoms with E-state index in [-0.39, 0.29) is 31.2 Å². The van der Waals surface area contributed by atoms with E-state index >= 15 is 0 Å². The Morgan fingerprint density at radius 1 is 1.27 bits per heavy atom. The number of hydrazone groups is 1. The Hall–Kier alpha value is -3.09. The number of ether oxygens (including phenoxy) is 1. The Balaban J connectivity index is 1.85. The minimum absolute atomic E-state index is 0.0773. The maximum atomic E-state index is 12.6. The molecule has 7 heteroatoms. The van der Waals surface area contributed by atoms with Gasteiger partial charge >= 0.3 is 0 Å². The molecule has 26 heavy (non-hydrogen) atoms. The molecule has 0 radical (unpaired) electrons. The van der Waals surface area contributed by atoms with E-state index in [0.717, 1.165) is 11.3 Å². The van der Waals surface area contributed by atoms with Crippen LogP contribution in [0.5, 0.6) is 5.75 Å². The normalized spacial score (nSPS) is 16.4. The van der Waals surface area contributed by atoms with E-state index < -0.39 is 5.97 Å². The summed E-state index contributed by atoms with van der Waals surface area (Å²) < 4.78 is 10.9. The number of nitrogens with zero attached hydrogens (tertiary/aromatic N) is 2. The van der Waals surface area contributed by atoms with E-state index in [1.807, 2.05) is 24.3 Å². The summed E-state index contributed by atoms with van der Waals surface area (Å²) in [6, 6.07) is 10.7. The number of para-hydroxylation sites is 1. The van der Waals surface area contributed by atoms with Gasteiger partial charge in [-0.2, -0.15) is 5.10 Å². The quantitative estimate of drug-likeness (QED) is 0.756. The average molecular weight is 355 g/mol. The van der Waals surface area contributed by atoms with Crippen molar-refractivity contribution in [2.75, 3.05) is 7.11 Å². The van der Waals surface area contributed by atoms with Gasteiger partial charge < -0.3 is 19.1 Å². The van der Waals surface area contributed by atoms with E-state index in [1.54, 1.807) is 25.5 Å². The molecule has 0 N–H and O–H groups in total. The number of benzene rings is 1. The first-order chi connectivity index (χ1) is 12.6. The fraction of sp³-hybridized carbons (Fsp3) is 0.316. The fourth-order valence-electron chi connectivity index (χ4n) is 2.99. The van der Waals surface area contributed by atoms with Crippen molar-refractivity contribution in [1.82, 2.24) is 5.01 Å². The van der Waals surface area contributed by atoms with Crippen LogP contribution in [-0.4, -0.2) is 29.7 Å². The molecule has 1 aromatic carbocycles. The van der Waals surface area contributed by atoms with Crippen LogP contribution in [0, 0.1) is 0 Å². The van der Waals surface area contributed by atoms with Crippen molar-refractivity contribution < 1.29 is 23.8 Å². The van der Waals surface area contributed by atoms with Gasteiger partial charge in [0.15, 0.2) is 0 Å². The predicted molar refractivity (Wildman–Crippen MR) is 91.3 cm³/mol. The maximum Gasteiger partial charge on any atom is 0.243 e. The summed E-state index contributed by atoms with van der Waals surface area (Å²) in [5.41, 5.74) is 1.54. The highest BCUT2D eigenvalue weighted by molar-refractivity contribution is 6.05. The lowest BCUT2D eigenvalue weighted by molar-refractivity contribution is -0.305. The summed E-state index contributed by atoms with van der Waals surface area (Å²) in [5, 5.41) is 16.5.